The van der Waals surface area contributed by atoms with Crippen LogP contribution in [0.25, 0.3) is 10.9 Å². The molecule has 5 rings (SSSR count). The van der Waals surface area contributed by atoms with Gasteiger partial charge < -0.3 is 15.0 Å². The van der Waals surface area contributed by atoms with E-state index in [1.165, 1.54) is 0 Å². The summed E-state index contributed by atoms with van der Waals surface area (Å²) < 4.78 is 0.796. The Hall–Kier alpha value is -2.60. The van der Waals surface area contributed by atoms with Crippen LogP contribution in [-0.4, -0.2) is 16.0 Å². The summed E-state index contributed by atoms with van der Waals surface area (Å²) in [6, 6.07) is 20.7. The SMILES string of the molecule is Cc1[nH]c2ccccc2c1C1(O)C(=O)N(Cc2ccccc2Cl)c2ccc(Br)cc21. The maximum atomic E-state index is 13.8. The number of para-hydroxylation sites is 1. The van der Waals surface area contributed by atoms with Crippen molar-refractivity contribution in [1.82, 2.24) is 4.98 Å². The van der Waals surface area contributed by atoms with Crippen LogP contribution in [0, 0.1) is 6.92 Å². The average Bonchev–Trinajstić information content (AvgIpc) is 3.17. The summed E-state index contributed by atoms with van der Waals surface area (Å²) in [7, 11) is 0. The number of carbonyl (C=O) groups excluding carboxylic acids is 1. The van der Waals surface area contributed by atoms with Crippen LogP contribution in [0.3, 0.4) is 0 Å². The first-order valence-corrected chi connectivity index (χ1v) is 10.7. The second-order valence-corrected chi connectivity index (χ2v) is 8.85. The Morgan fingerprint density at radius 3 is 2.63 bits per heavy atom. The molecule has 0 aliphatic carbocycles. The van der Waals surface area contributed by atoms with Gasteiger partial charge in [0.25, 0.3) is 5.91 Å². The van der Waals surface area contributed by atoms with Crippen LogP contribution >= 0.6 is 27.5 Å². The van der Waals surface area contributed by atoms with Crippen LogP contribution < -0.4 is 4.90 Å². The normalized spacial score (nSPS) is 18.3. The van der Waals surface area contributed by atoms with E-state index in [9.17, 15) is 9.90 Å². The smallest absolute Gasteiger partial charge is 0.268 e. The molecule has 4 nitrogen and oxygen atoms in total. The van der Waals surface area contributed by atoms with E-state index in [4.69, 9.17) is 11.6 Å². The Bertz CT molecular complexity index is 1320. The monoisotopic (exact) mass is 480 g/mol. The highest BCUT2D eigenvalue weighted by molar-refractivity contribution is 9.10. The number of hydrogen-bond acceptors (Lipinski definition) is 2. The molecule has 1 amide bonds. The van der Waals surface area contributed by atoms with Gasteiger partial charge in [-0.2, -0.15) is 0 Å². The van der Waals surface area contributed by atoms with E-state index in [0.29, 0.717) is 21.8 Å². The molecular weight excluding hydrogens is 464 g/mol. The van der Waals surface area contributed by atoms with Crippen LogP contribution in [0.15, 0.2) is 71.2 Å². The number of nitrogens with one attached hydrogen (secondary N) is 1. The molecule has 3 aromatic carbocycles. The lowest BCUT2D eigenvalue weighted by atomic mass is 9.85. The van der Waals surface area contributed by atoms with Gasteiger partial charge in [0.15, 0.2) is 5.60 Å². The van der Waals surface area contributed by atoms with Gasteiger partial charge in [-0.25, -0.2) is 0 Å². The van der Waals surface area contributed by atoms with E-state index in [-0.39, 0.29) is 12.5 Å². The molecule has 2 heterocycles. The number of anilines is 1. The predicted molar refractivity (Wildman–Crippen MR) is 123 cm³/mol. The highest BCUT2D eigenvalue weighted by Gasteiger charge is 2.53. The molecular formula is C24H18BrClN2O2. The third-order valence-corrected chi connectivity index (χ3v) is 6.60. The largest absolute Gasteiger partial charge is 0.372 e. The fourth-order valence-corrected chi connectivity index (χ4v) is 4.95. The zero-order valence-electron chi connectivity index (χ0n) is 16.1. The third-order valence-electron chi connectivity index (χ3n) is 5.74. The van der Waals surface area contributed by atoms with E-state index >= 15 is 0 Å². The van der Waals surface area contributed by atoms with Crippen LogP contribution in [0.2, 0.25) is 5.02 Å². The number of halogens is 2. The minimum absolute atomic E-state index is 0.275. The van der Waals surface area contributed by atoms with Gasteiger partial charge in [0.1, 0.15) is 0 Å². The summed E-state index contributed by atoms with van der Waals surface area (Å²) >= 11 is 9.86. The molecule has 1 aromatic heterocycles. The second kappa shape index (κ2) is 6.98. The number of carbonyl (C=O) groups is 1. The number of H-pyrrole nitrogens is 1. The molecule has 0 spiro atoms. The Kier molecular flexibility index (Phi) is 4.51. The number of aliphatic hydroxyl groups is 1. The van der Waals surface area contributed by atoms with Crippen LogP contribution in [0.4, 0.5) is 5.69 Å². The van der Waals surface area contributed by atoms with Crippen molar-refractivity contribution >= 4 is 50.0 Å². The van der Waals surface area contributed by atoms with E-state index in [1.54, 1.807) is 11.0 Å². The standard InChI is InChI=1S/C24H18BrClN2O2/c1-14-22(17-7-3-5-9-20(17)27-14)24(30)18-12-16(25)10-11-21(18)28(23(24)29)13-15-6-2-4-8-19(15)26/h2-12,27,30H,13H2,1H3. The van der Waals surface area contributed by atoms with E-state index in [0.717, 1.165) is 26.6 Å². The van der Waals surface area contributed by atoms with Crippen molar-refractivity contribution in [3.8, 4) is 0 Å². The predicted octanol–water partition coefficient (Wildman–Crippen LogP) is 5.67. The highest BCUT2D eigenvalue weighted by atomic mass is 79.9. The van der Waals surface area contributed by atoms with Crippen molar-refractivity contribution in [1.29, 1.82) is 0 Å². The van der Waals surface area contributed by atoms with Gasteiger partial charge in [-0.15, -0.1) is 0 Å². The van der Waals surface area contributed by atoms with Gasteiger partial charge in [0, 0.05) is 37.2 Å². The van der Waals surface area contributed by atoms with Gasteiger partial charge in [-0.3, -0.25) is 4.79 Å². The molecule has 1 atom stereocenters. The zero-order chi connectivity index (χ0) is 21.0. The number of aromatic nitrogens is 1. The zero-order valence-corrected chi connectivity index (χ0v) is 18.5. The maximum Gasteiger partial charge on any atom is 0.268 e. The Morgan fingerprint density at radius 2 is 1.83 bits per heavy atom. The third kappa shape index (κ3) is 2.73. The summed E-state index contributed by atoms with van der Waals surface area (Å²) in [6.45, 7) is 2.16. The number of rotatable bonds is 3. The van der Waals surface area contributed by atoms with E-state index in [2.05, 4.69) is 20.9 Å². The average molecular weight is 482 g/mol. The molecule has 150 valence electrons. The van der Waals surface area contributed by atoms with Crippen LogP contribution in [-0.2, 0) is 16.9 Å². The van der Waals surface area contributed by atoms with Gasteiger partial charge in [0.2, 0.25) is 0 Å². The van der Waals surface area contributed by atoms with Gasteiger partial charge >= 0.3 is 0 Å². The maximum absolute atomic E-state index is 13.8. The number of hydrogen-bond donors (Lipinski definition) is 2. The van der Waals surface area contributed by atoms with Crippen LogP contribution in [0.5, 0.6) is 0 Å². The molecule has 4 aromatic rings. The Labute approximate surface area is 187 Å². The molecule has 6 heteroatoms. The van der Waals surface area contributed by atoms with Crippen molar-refractivity contribution in [3.05, 3.63) is 98.6 Å². The molecule has 0 saturated heterocycles. The highest BCUT2D eigenvalue weighted by Crippen LogP contribution is 2.49. The molecule has 1 unspecified atom stereocenters. The number of nitrogens with zero attached hydrogens (tertiary/aromatic N) is 1. The number of benzene rings is 3. The van der Waals surface area contributed by atoms with E-state index < -0.39 is 5.60 Å². The number of amides is 1. The molecule has 0 radical (unpaired) electrons. The topological polar surface area (TPSA) is 56.3 Å². The summed E-state index contributed by atoms with van der Waals surface area (Å²) in [5.41, 5.74) is 2.48. The van der Waals surface area contributed by atoms with Crippen molar-refractivity contribution < 1.29 is 9.90 Å². The van der Waals surface area contributed by atoms with Crippen LogP contribution in [0.1, 0.15) is 22.4 Å². The minimum atomic E-state index is -1.80. The fourth-order valence-electron chi connectivity index (χ4n) is 4.39. The van der Waals surface area contributed by atoms with Gasteiger partial charge in [-0.05, 0) is 42.8 Å². The van der Waals surface area contributed by atoms with Crippen molar-refractivity contribution in [2.24, 2.45) is 0 Å². The molecule has 30 heavy (non-hydrogen) atoms. The molecule has 0 bridgehead atoms. The lowest BCUT2D eigenvalue weighted by Crippen LogP contribution is -2.41. The first kappa shape index (κ1) is 19.4. The van der Waals surface area contributed by atoms with Gasteiger partial charge in [-0.1, -0.05) is 63.9 Å². The lowest BCUT2D eigenvalue weighted by molar-refractivity contribution is -0.132. The number of fused-ring (bicyclic) bond motifs is 2. The first-order chi connectivity index (χ1) is 14.4. The lowest BCUT2D eigenvalue weighted by Gasteiger charge is -2.24. The summed E-state index contributed by atoms with van der Waals surface area (Å²) in [4.78, 5) is 18.7. The van der Waals surface area contributed by atoms with Gasteiger partial charge in [0.05, 0.1) is 12.2 Å². The Balaban J connectivity index is 1.74. The minimum Gasteiger partial charge on any atom is -0.372 e. The fraction of sp³-hybridized carbons (Fsp3) is 0.125. The molecule has 2 N–H and O–H groups in total. The molecule has 1 aliphatic rings. The molecule has 0 fully saturated rings. The summed E-state index contributed by atoms with van der Waals surface area (Å²) in [5.74, 6) is -0.386. The number of aryl methyl sites for hydroxylation is 1. The Morgan fingerprint density at radius 1 is 1.10 bits per heavy atom. The van der Waals surface area contributed by atoms with Crippen molar-refractivity contribution in [2.75, 3.05) is 4.90 Å². The molecule has 0 saturated carbocycles. The quantitative estimate of drug-likeness (QED) is 0.396. The van der Waals surface area contributed by atoms with E-state index in [1.807, 2.05) is 67.6 Å². The second-order valence-electron chi connectivity index (χ2n) is 7.53. The first-order valence-electron chi connectivity index (χ1n) is 9.57. The van der Waals surface area contributed by atoms with Crippen molar-refractivity contribution in [2.45, 2.75) is 19.1 Å². The summed E-state index contributed by atoms with van der Waals surface area (Å²) in [5, 5.41) is 13.4. The van der Waals surface area contributed by atoms with Crippen molar-refractivity contribution in [3.63, 3.8) is 0 Å². The molecule has 1 aliphatic heterocycles. The summed E-state index contributed by atoms with van der Waals surface area (Å²) in [6.07, 6.45) is 0. The number of aromatic amines is 1.